The molecule has 14 heavy (non-hydrogen) atoms. The molecule has 0 fully saturated rings. The number of ether oxygens (including phenoxy) is 1. The molecule has 0 unspecified atom stereocenters. The van der Waals surface area contributed by atoms with Crippen LogP contribution in [0, 0.1) is 0 Å². The quantitative estimate of drug-likeness (QED) is 0.721. The highest BCUT2D eigenvalue weighted by Gasteiger charge is 2.28. The number of carbonyl (C=O) groups is 1. The Morgan fingerprint density at radius 3 is 3.07 bits per heavy atom. The third-order valence-corrected chi connectivity index (χ3v) is 2.70. The molecule has 0 saturated heterocycles. The summed E-state index contributed by atoms with van der Waals surface area (Å²) in [5.74, 6) is -0.253. The van der Waals surface area contributed by atoms with Crippen LogP contribution in [0.5, 0.6) is 0 Å². The first-order valence-corrected chi connectivity index (χ1v) is 4.72. The molecule has 1 heterocycles. The van der Waals surface area contributed by atoms with Gasteiger partial charge in [0.05, 0.1) is 7.11 Å². The Kier molecular flexibility index (Phi) is 2.33. The van der Waals surface area contributed by atoms with Gasteiger partial charge < -0.3 is 10.1 Å². The minimum Gasteiger partial charge on any atom is -0.467 e. The molecular formula is C10H10ClNO2. The Balaban J connectivity index is 2.26. The second-order valence-electron chi connectivity index (χ2n) is 3.19. The second kappa shape index (κ2) is 3.50. The highest BCUT2D eigenvalue weighted by molar-refractivity contribution is 6.31. The molecular weight excluding hydrogens is 202 g/mol. The molecule has 1 N–H and O–H groups in total. The number of hydrogen-bond donors (Lipinski definition) is 1. The van der Waals surface area contributed by atoms with Crippen LogP contribution in [0.1, 0.15) is 5.56 Å². The maximum atomic E-state index is 11.3. The maximum Gasteiger partial charge on any atom is 0.328 e. The van der Waals surface area contributed by atoms with Gasteiger partial charge in [-0.25, -0.2) is 4.79 Å². The molecule has 4 heteroatoms. The van der Waals surface area contributed by atoms with Crippen LogP contribution in [0.15, 0.2) is 18.2 Å². The Hall–Kier alpha value is -1.22. The Bertz CT molecular complexity index is 378. The molecule has 1 atom stereocenters. The first-order chi connectivity index (χ1) is 6.72. The van der Waals surface area contributed by atoms with Crippen LogP contribution in [-0.4, -0.2) is 19.1 Å². The van der Waals surface area contributed by atoms with Gasteiger partial charge in [0.25, 0.3) is 0 Å². The van der Waals surface area contributed by atoms with Crippen molar-refractivity contribution in [2.75, 3.05) is 12.4 Å². The van der Waals surface area contributed by atoms with Gasteiger partial charge in [-0.3, -0.25) is 0 Å². The third kappa shape index (κ3) is 1.44. The average Bonchev–Trinajstić information content (AvgIpc) is 2.62. The van der Waals surface area contributed by atoms with Crippen LogP contribution < -0.4 is 5.32 Å². The van der Waals surface area contributed by atoms with Crippen LogP contribution in [-0.2, 0) is 16.0 Å². The van der Waals surface area contributed by atoms with Crippen molar-refractivity contribution in [2.45, 2.75) is 12.5 Å². The Labute approximate surface area is 87.0 Å². The minimum absolute atomic E-state index is 0.253. The molecule has 0 spiro atoms. The average molecular weight is 212 g/mol. The summed E-state index contributed by atoms with van der Waals surface area (Å²) in [6.07, 6.45) is 0.599. The van der Waals surface area contributed by atoms with E-state index in [1.54, 1.807) is 0 Å². The van der Waals surface area contributed by atoms with E-state index in [2.05, 4.69) is 10.1 Å². The topological polar surface area (TPSA) is 38.3 Å². The van der Waals surface area contributed by atoms with Crippen LogP contribution in [0.4, 0.5) is 5.69 Å². The lowest BCUT2D eigenvalue weighted by Gasteiger charge is -2.07. The predicted octanol–water partition coefficient (Wildman–Crippen LogP) is 1.85. The van der Waals surface area contributed by atoms with Gasteiger partial charge in [0.15, 0.2) is 0 Å². The van der Waals surface area contributed by atoms with E-state index in [0.717, 1.165) is 11.3 Å². The van der Waals surface area contributed by atoms with Crippen LogP contribution in [0.3, 0.4) is 0 Å². The first kappa shape index (κ1) is 9.34. The summed E-state index contributed by atoms with van der Waals surface area (Å²) in [6.45, 7) is 0. The van der Waals surface area contributed by atoms with E-state index in [-0.39, 0.29) is 12.0 Å². The SMILES string of the molecule is COC(=O)[C@H]1Cc2c(Cl)cccc2N1. The normalized spacial score (nSPS) is 18.6. The van der Waals surface area contributed by atoms with Gasteiger partial charge in [-0.2, -0.15) is 0 Å². The summed E-state index contributed by atoms with van der Waals surface area (Å²) in [5, 5.41) is 3.76. The number of anilines is 1. The highest BCUT2D eigenvalue weighted by atomic mass is 35.5. The van der Waals surface area contributed by atoms with Gasteiger partial charge in [-0.1, -0.05) is 17.7 Å². The van der Waals surface area contributed by atoms with Gasteiger partial charge in [-0.05, 0) is 17.7 Å². The van der Waals surface area contributed by atoms with Crippen molar-refractivity contribution in [1.29, 1.82) is 0 Å². The summed E-state index contributed by atoms with van der Waals surface area (Å²) in [5.41, 5.74) is 1.91. The van der Waals surface area contributed by atoms with Crippen molar-refractivity contribution in [1.82, 2.24) is 0 Å². The van der Waals surface area contributed by atoms with Crippen molar-refractivity contribution in [3.8, 4) is 0 Å². The van der Waals surface area contributed by atoms with Crippen LogP contribution in [0.25, 0.3) is 0 Å². The van der Waals surface area contributed by atoms with Crippen molar-refractivity contribution >= 4 is 23.3 Å². The van der Waals surface area contributed by atoms with E-state index in [1.807, 2.05) is 18.2 Å². The number of carbonyl (C=O) groups excluding carboxylic acids is 1. The summed E-state index contributed by atoms with van der Waals surface area (Å²) >= 11 is 5.99. The van der Waals surface area contributed by atoms with Gasteiger partial charge in [0, 0.05) is 17.1 Å². The van der Waals surface area contributed by atoms with Crippen molar-refractivity contribution in [2.24, 2.45) is 0 Å². The number of nitrogens with one attached hydrogen (secondary N) is 1. The monoisotopic (exact) mass is 211 g/mol. The van der Waals surface area contributed by atoms with Gasteiger partial charge >= 0.3 is 5.97 Å². The molecule has 0 aliphatic carbocycles. The van der Waals surface area contributed by atoms with E-state index >= 15 is 0 Å². The van der Waals surface area contributed by atoms with Gasteiger partial charge in [-0.15, -0.1) is 0 Å². The zero-order valence-corrected chi connectivity index (χ0v) is 8.47. The largest absolute Gasteiger partial charge is 0.467 e. The molecule has 0 aromatic heterocycles. The number of fused-ring (bicyclic) bond motifs is 1. The van der Waals surface area contributed by atoms with E-state index in [9.17, 15) is 4.79 Å². The predicted molar refractivity (Wildman–Crippen MR) is 54.6 cm³/mol. The molecule has 0 bridgehead atoms. The van der Waals surface area contributed by atoms with Crippen molar-refractivity contribution in [3.05, 3.63) is 28.8 Å². The van der Waals surface area contributed by atoms with Crippen molar-refractivity contribution in [3.63, 3.8) is 0 Å². The smallest absolute Gasteiger partial charge is 0.328 e. The molecule has 74 valence electrons. The fourth-order valence-corrected chi connectivity index (χ4v) is 1.88. The Morgan fingerprint density at radius 2 is 2.43 bits per heavy atom. The summed E-state index contributed by atoms with van der Waals surface area (Å²) < 4.78 is 4.66. The zero-order valence-electron chi connectivity index (χ0n) is 7.71. The lowest BCUT2D eigenvalue weighted by Crippen LogP contribution is -2.27. The fourth-order valence-electron chi connectivity index (χ4n) is 1.63. The first-order valence-electron chi connectivity index (χ1n) is 4.34. The van der Waals surface area contributed by atoms with Gasteiger partial charge in [0.1, 0.15) is 6.04 Å². The zero-order chi connectivity index (χ0) is 10.1. The maximum absolute atomic E-state index is 11.3. The highest BCUT2D eigenvalue weighted by Crippen LogP contribution is 2.31. The molecule has 2 rings (SSSR count). The number of esters is 1. The number of hydrogen-bond acceptors (Lipinski definition) is 3. The summed E-state index contributed by atoms with van der Waals surface area (Å²) in [6, 6.07) is 5.29. The third-order valence-electron chi connectivity index (χ3n) is 2.34. The number of methoxy groups -OCH3 is 1. The Morgan fingerprint density at radius 1 is 1.64 bits per heavy atom. The molecule has 1 aliphatic heterocycles. The molecule has 3 nitrogen and oxygen atoms in total. The summed E-state index contributed by atoms with van der Waals surface area (Å²) in [4.78, 5) is 11.3. The molecule has 1 aromatic carbocycles. The van der Waals surface area contributed by atoms with E-state index in [0.29, 0.717) is 11.4 Å². The van der Waals surface area contributed by atoms with E-state index in [1.165, 1.54) is 7.11 Å². The molecule has 0 radical (unpaired) electrons. The molecule has 1 aromatic rings. The van der Waals surface area contributed by atoms with Crippen LogP contribution in [0.2, 0.25) is 5.02 Å². The lowest BCUT2D eigenvalue weighted by molar-refractivity contribution is -0.141. The fraction of sp³-hybridized carbons (Fsp3) is 0.300. The number of rotatable bonds is 1. The number of halogens is 1. The minimum atomic E-state index is -0.296. The molecule has 1 aliphatic rings. The molecule has 0 amide bonds. The second-order valence-corrected chi connectivity index (χ2v) is 3.60. The standard InChI is InChI=1S/C10H10ClNO2/c1-14-10(13)9-5-6-7(11)3-2-4-8(6)12-9/h2-4,9,12H,5H2,1H3/t9-/m1/s1. The van der Waals surface area contributed by atoms with Crippen molar-refractivity contribution < 1.29 is 9.53 Å². The number of benzene rings is 1. The lowest BCUT2D eigenvalue weighted by atomic mass is 10.1. The summed E-state index contributed by atoms with van der Waals surface area (Å²) in [7, 11) is 1.38. The van der Waals surface area contributed by atoms with Gasteiger partial charge in [0.2, 0.25) is 0 Å². The van der Waals surface area contributed by atoms with E-state index < -0.39 is 0 Å². The van der Waals surface area contributed by atoms with Crippen LogP contribution >= 0.6 is 11.6 Å². The molecule has 0 saturated carbocycles. The van der Waals surface area contributed by atoms with E-state index in [4.69, 9.17) is 11.6 Å².